The Labute approximate surface area is 130 Å². The van der Waals surface area contributed by atoms with Gasteiger partial charge in [0.1, 0.15) is 25.1 Å². The molecule has 2 rings (SSSR count). The Morgan fingerprint density at radius 3 is 2.64 bits per heavy atom. The van der Waals surface area contributed by atoms with E-state index in [4.69, 9.17) is 14.2 Å². The topological polar surface area (TPSA) is 56.8 Å². The molecule has 5 heteroatoms. The molecule has 1 saturated carbocycles. The highest BCUT2D eigenvalue weighted by molar-refractivity contribution is 5.76. The minimum absolute atomic E-state index is 0.0296. The molecular weight excluding hydrogens is 282 g/mol. The lowest BCUT2D eigenvalue weighted by Gasteiger charge is -2.34. The highest BCUT2D eigenvalue weighted by atomic mass is 16.5. The van der Waals surface area contributed by atoms with Crippen molar-refractivity contribution in [2.75, 3.05) is 27.4 Å². The van der Waals surface area contributed by atoms with E-state index in [0.717, 1.165) is 24.2 Å². The monoisotopic (exact) mass is 303 g/mol. The van der Waals surface area contributed by atoms with Crippen molar-refractivity contribution >= 4 is 5.91 Å². The van der Waals surface area contributed by atoms with Crippen LogP contribution in [0.25, 0.3) is 0 Å². The summed E-state index contributed by atoms with van der Waals surface area (Å²) in [6.45, 7) is 0.258. The molecule has 1 aliphatic carbocycles. The number of hydrogen-bond acceptors (Lipinski definition) is 4. The van der Waals surface area contributed by atoms with Gasteiger partial charge in [0.2, 0.25) is 5.91 Å². The van der Waals surface area contributed by atoms with E-state index in [9.17, 15) is 4.79 Å². The fraction of sp³-hybridized carbons (Fsp3) is 0.471. The van der Waals surface area contributed by atoms with Gasteiger partial charge < -0.3 is 19.5 Å². The Bertz CT molecular complexity index is 538. The highest BCUT2D eigenvalue weighted by Gasteiger charge is 2.30. The second kappa shape index (κ2) is 8.42. The Balaban J connectivity index is 1.72. The highest BCUT2D eigenvalue weighted by Crippen LogP contribution is 2.27. The molecular formula is C17H21NO4. The van der Waals surface area contributed by atoms with Gasteiger partial charge in [-0.15, -0.1) is 0 Å². The largest absolute Gasteiger partial charge is 0.490 e. The number of benzene rings is 1. The van der Waals surface area contributed by atoms with Gasteiger partial charge in [-0.2, -0.15) is 0 Å². The van der Waals surface area contributed by atoms with Crippen LogP contribution in [0.15, 0.2) is 24.3 Å². The summed E-state index contributed by atoms with van der Waals surface area (Å²) in [5.74, 6) is 6.54. The van der Waals surface area contributed by atoms with Crippen LogP contribution in [0.1, 0.15) is 18.4 Å². The SMILES string of the molecule is CNC(=O)COCC#Cc1ccc(OC2CC(OC)C2)cc1. The van der Waals surface area contributed by atoms with Gasteiger partial charge in [-0.25, -0.2) is 0 Å². The minimum atomic E-state index is -0.157. The van der Waals surface area contributed by atoms with Crippen LogP contribution in [0.3, 0.4) is 0 Å². The van der Waals surface area contributed by atoms with Crippen LogP contribution in [0, 0.1) is 11.8 Å². The maximum Gasteiger partial charge on any atom is 0.245 e. The van der Waals surface area contributed by atoms with Gasteiger partial charge in [0.25, 0.3) is 0 Å². The van der Waals surface area contributed by atoms with Crippen LogP contribution in [0.5, 0.6) is 5.75 Å². The molecule has 0 saturated heterocycles. The van der Waals surface area contributed by atoms with Gasteiger partial charge in [0.15, 0.2) is 0 Å². The molecule has 1 aromatic carbocycles. The van der Waals surface area contributed by atoms with Crippen LogP contribution in [-0.4, -0.2) is 45.5 Å². The molecule has 0 spiro atoms. The van der Waals surface area contributed by atoms with Crippen molar-refractivity contribution in [2.24, 2.45) is 0 Å². The average Bonchev–Trinajstić information content (AvgIpc) is 2.51. The molecule has 118 valence electrons. The van der Waals surface area contributed by atoms with Crippen molar-refractivity contribution in [3.63, 3.8) is 0 Å². The van der Waals surface area contributed by atoms with E-state index < -0.39 is 0 Å². The second-order valence-electron chi connectivity index (χ2n) is 5.06. The molecule has 1 aromatic rings. The Morgan fingerprint density at radius 2 is 2.00 bits per heavy atom. The van der Waals surface area contributed by atoms with Crippen molar-refractivity contribution in [1.82, 2.24) is 5.32 Å². The predicted octanol–water partition coefficient (Wildman–Crippen LogP) is 1.36. The number of rotatable bonds is 6. The number of carbonyl (C=O) groups is 1. The van der Waals surface area contributed by atoms with Gasteiger partial charge in [-0.05, 0) is 24.3 Å². The molecule has 1 amide bonds. The summed E-state index contributed by atoms with van der Waals surface area (Å²) in [4.78, 5) is 10.9. The maximum absolute atomic E-state index is 10.9. The zero-order valence-electron chi connectivity index (χ0n) is 12.9. The Morgan fingerprint density at radius 1 is 1.27 bits per heavy atom. The zero-order valence-corrected chi connectivity index (χ0v) is 12.9. The Kier molecular flexibility index (Phi) is 6.26. The summed E-state index contributed by atoms with van der Waals surface area (Å²) < 4.78 is 16.2. The first-order valence-corrected chi connectivity index (χ1v) is 7.28. The van der Waals surface area contributed by atoms with Crippen LogP contribution in [0.2, 0.25) is 0 Å². The lowest BCUT2D eigenvalue weighted by atomic mass is 9.92. The van der Waals surface area contributed by atoms with Gasteiger partial charge in [0, 0.05) is 32.6 Å². The first-order chi connectivity index (χ1) is 10.7. The maximum atomic E-state index is 10.9. The van der Waals surface area contributed by atoms with Crippen molar-refractivity contribution in [3.8, 4) is 17.6 Å². The summed E-state index contributed by atoms with van der Waals surface area (Å²) in [5, 5.41) is 2.48. The number of ether oxygens (including phenoxy) is 3. The van der Waals surface area contributed by atoms with Crippen LogP contribution < -0.4 is 10.1 Å². The minimum Gasteiger partial charge on any atom is -0.490 e. The van der Waals surface area contributed by atoms with Crippen molar-refractivity contribution in [2.45, 2.75) is 25.0 Å². The number of hydrogen-bond donors (Lipinski definition) is 1. The van der Waals surface area contributed by atoms with Crippen LogP contribution in [-0.2, 0) is 14.3 Å². The van der Waals surface area contributed by atoms with E-state index in [1.165, 1.54) is 0 Å². The molecule has 1 fully saturated rings. The van der Waals surface area contributed by atoms with E-state index in [1.54, 1.807) is 14.2 Å². The molecule has 0 aromatic heterocycles. The number of amides is 1. The normalized spacial score (nSPS) is 19.5. The molecule has 0 unspecified atom stereocenters. The third-order valence-corrected chi connectivity index (χ3v) is 3.46. The molecule has 0 atom stereocenters. The third kappa shape index (κ3) is 5.06. The van der Waals surface area contributed by atoms with Gasteiger partial charge in [0.05, 0.1) is 6.10 Å². The molecule has 5 nitrogen and oxygen atoms in total. The summed E-state index contributed by atoms with van der Waals surface area (Å²) >= 11 is 0. The smallest absolute Gasteiger partial charge is 0.245 e. The average molecular weight is 303 g/mol. The standard InChI is InChI=1S/C17H21NO4/c1-18-17(19)12-21-9-3-4-13-5-7-14(8-6-13)22-16-10-15(11-16)20-2/h5-8,15-16H,9-12H2,1-2H3,(H,18,19). The fourth-order valence-corrected chi connectivity index (χ4v) is 2.02. The van der Waals surface area contributed by atoms with Gasteiger partial charge >= 0.3 is 0 Å². The summed E-state index contributed by atoms with van der Waals surface area (Å²) in [7, 11) is 3.30. The van der Waals surface area contributed by atoms with Crippen molar-refractivity contribution < 1.29 is 19.0 Å². The van der Waals surface area contributed by atoms with Crippen molar-refractivity contribution in [3.05, 3.63) is 29.8 Å². The number of carbonyl (C=O) groups excluding carboxylic acids is 1. The lowest BCUT2D eigenvalue weighted by molar-refractivity contribution is -0.124. The first-order valence-electron chi connectivity index (χ1n) is 7.28. The molecule has 0 aliphatic heterocycles. The van der Waals surface area contributed by atoms with E-state index in [1.807, 2.05) is 24.3 Å². The van der Waals surface area contributed by atoms with Gasteiger partial charge in [-0.1, -0.05) is 11.8 Å². The quantitative estimate of drug-likeness (QED) is 0.637. The number of likely N-dealkylation sites (N-methyl/N-ethyl adjacent to an activating group) is 1. The zero-order chi connectivity index (χ0) is 15.8. The second-order valence-corrected chi connectivity index (χ2v) is 5.06. The summed E-state index contributed by atoms with van der Waals surface area (Å²) in [6, 6.07) is 7.65. The van der Waals surface area contributed by atoms with Crippen LogP contribution in [0.4, 0.5) is 0 Å². The van der Waals surface area contributed by atoms with Crippen molar-refractivity contribution in [1.29, 1.82) is 0 Å². The molecule has 0 heterocycles. The molecule has 22 heavy (non-hydrogen) atoms. The molecule has 0 bridgehead atoms. The van der Waals surface area contributed by atoms with E-state index in [-0.39, 0.29) is 25.2 Å². The Hall–Kier alpha value is -2.03. The first kappa shape index (κ1) is 16.3. The molecule has 1 aliphatic rings. The van der Waals surface area contributed by atoms with E-state index in [2.05, 4.69) is 17.2 Å². The molecule has 0 radical (unpaired) electrons. The molecule has 1 N–H and O–H groups in total. The number of nitrogens with one attached hydrogen (secondary N) is 1. The van der Waals surface area contributed by atoms with E-state index >= 15 is 0 Å². The fourth-order valence-electron chi connectivity index (χ4n) is 2.02. The number of methoxy groups -OCH3 is 1. The lowest BCUT2D eigenvalue weighted by Crippen LogP contribution is -2.38. The summed E-state index contributed by atoms with van der Waals surface area (Å²) in [5.41, 5.74) is 0.888. The van der Waals surface area contributed by atoms with Crippen LogP contribution >= 0.6 is 0 Å². The van der Waals surface area contributed by atoms with E-state index in [0.29, 0.717) is 6.10 Å². The third-order valence-electron chi connectivity index (χ3n) is 3.46. The van der Waals surface area contributed by atoms with Gasteiger partial charge in [-0.3, -0.25) is 4.79 Å². The predicted molar refractivity (Wildman–Crippen MR) is 82.7 cm³/mol. The summed E-state index contributed by atoms with van der Waals surface area (Å²) in [6.07, 6.45) is 2.48.